The maximum absolute atomic E-state index is 10.9. The third-order valence-electron chi connectivity index (χ3n) is 2.99. The highest BCUT2D eigenvalue weighted by Crippen LogP contribution is 2.16. The van der Waals surface area contributed by atoms with Gasteiger partial charge in [0, 0.05) is 13.1 Å². The van der Waals surface area contributed by atoms with Gasteiger partial charge in [0.1, 0.15) is 0 Å². The van der Waals surface area contributed by atoms with Crippen molar-refractivity contribution in [2.75, 3.05) is 19.6 Å². The molecule has 1 aliphatic rings. The van der Waals surface area contributed by atoms with E-state index in [1.165, 1.54) is 0 Å². The Balaban J connectivity index is 2.16. The van der Waals surface area contributed by atoms with E-state index in [1.54, 1.807) is 0 Å². The summed E-state index contributed by atoms with van der Waals surface area (Å²) in [4.78, 5) is 13.0. The zero-order chi connectivity index (χ0) is 11.3. The Morgan fingerprint density at radius 3 is 2.60 bits per heavy atom. The Morgan fingerprint density at radius 1 is 1.47 bits per heavy atom. The lowest BCUT2D eigenvalue weighted by atomic mass is 9.97. The number of rotatable bonds is 7. The number of carboxylic acid groups (broad SMARTS) is 1. The normalized spacial score (nSPS) is 19.9. The molecule has 2 N–H and O–H groups in total. The predicted octanol–water partition coefficient (Wildman–Crippen LogP) is 0.944. The van der Waals surface area contributed by atoms with Crippen molar-refractivity contribution < 1.29 is 15.0 Å². The molecular weight excluding hydrogens is 194 g/mol. The van der Waals surface area contributed by atoms with E-state index in [2.05, 4.69) is 11.8 Å². The number of carboxylic acids is 1. The maximum atomic E-state index is 10.9. The number of carbonyl (C=O) groups is 1. The summed E-state index contributed by atoms with van der Waals surface area (Å²) in [6, 6.07) is 0. The lowest BCUT2D eigenvalue weighted by Crippen LogP contribution is -2.51. The van der Waals surface area contributed by atoms with Crippen LogP contribution in [0.1, 0.15) is 32.6 Å². The molecule has 1 saturated heterocycles. The monoisotopic (exact) mass is 215 g/mol. The number of unbranched alkanes of at least 4 members (excludes halogenated alkanes) is 1. The number of hydrogen-bond donors (Lipinski definition) is 2. The highest BCUT2D eigenvalue weighted by molar-refractivity contribution is 5.69. The minimum atomic E-state index is -0.676. The summed E-state index contributed by atoms with van der Waals surface area (Å²) in [5.74, 6) is -0.882. The van der Waals surface area contributed by atoms with Crippen LogP contribution in [0.15, 0.2) is 0 Å². The smallest absolute Gasteiger partial charge is 0.306 e. The SMILES string of the molecule is CCCCC(CCN1CC(O)C1)C(=O)O. The summed E-state index contributed by atoms with van der Waals surface area (Å²) in [7, 11) is 0. The summed E-state index contributed by atoms with van der Waals surface area (Å²) in [6.07, 6.45) is 3.33. The molecule has 0 aliphatic carbocycles. The Kier molecular flexibility index (Phi) is 5.05. The fourth-order valence-electron chi connectivity index (χ4n) is 1.91. The lowest BCUT2D eigenvalue weighted by molar-refractivity contribution is -0.142. The average Bonchev–Trinajstić information content (AvgIpc) is 2.14. The number of aliphatic hydroxyl groups is 1. The molecule has 0 aromatic carbocycles. The fourth-order valence-corrected chi connectivity index (χ4v) is 1.91. The molecule has 1 atom stereocenters. The van der Waals surface area contributed by atoms with Crippen LogP contribution in [0.2, 0.25) is 0 Å². The van der Waals surface area contributed by atoms with E-state index < -0.39 is 5.97 Å². The van der Waals surface area contributed by atoms with E-state index in [1.807, 2.05) is 0 Å². The molecule has 1 aliphatic heterocycles. The highest BCUT2D eigenvalue weighted by Gasteiger charge is 2.25. The second kappa shape index (κ2) is 6.08. The van der Waals surface area contributed by atoms with Gasteiger partial charge in [-0.3, -0.25) is 9.69 Å². The Labute approximate surface area is 90.9 Å². The number of hydrogen-bond acceptors (Lipinski definition) is 3. The van der Waals surface area contributed by atoms with Gasteiger partial charge in [-0.25, -0.2) is 0 Å². The van der Waals surface area contributed by atoms with E-state index in [9.17, 15) is 4.79 Å². The third kappa shape index (κ3) is 4.18. The summed E-state index contributed by atoms with van der Waals surface area (Å²) < 4.78 is 0. The third-order valence-corrected chi connectivity index (χ3v) is 2.99. The van der Waals surface area contributed by atoms with Gasteiger partial charge in [0.15, 0.2) is 0 Å². The molecule has 0 amide bonds. The van der Waals surface area contributed by atoms with E-state index in [0.29, 0.717) is 19.5 Å². The number of nitrogens with zero attached hydrogens (tertiary/aromatic N) is 1. The molecular formula is C11H21NO3. The number of aliphatic hydroxyl groups excluding tert-OH is 1. The van der Waals surface area contributed by atoms with Crippen LogP contribution in [0.5, 0.6) is 0 Å². The van der Waals surface area contributed by atoms with Crippen molar-refractivity contribution in [2.45, 2.75) is 38.7 Å². The van der Waals surface area contributed by atoms with Crippen LogP contribution in [0, 0.1) is 5.92 Å². The number of likely N-dealkylation sites (tertiary alicyclic amines) is 1. The van der Waals surface area contributed by atoms with Crippen molar-refractivity contribution in [3.8, 4) is 0 Å². The van der Waals surface area contributed by atoms with Gasteiger partial charge in [0.2, 0.25) is 0 Å². The number of aliphatic carboxylic acids is 1. The molecule has 1 fully saturated rings. The second-order valence-electron chi connectivity index (χ2n) is 4.38. The molecule has 0 aromatic rings. The van der Waals surface area contributed by atoms with Gasteiger partial charge in [-0.1, -0.05) is 19.8 Å². The molecule has 88 valence electrons. The van der Waals surface area contributed by atoms with Crippen molar-refractivity contribution >= 4 is 5.97 Å². The van der Waals surface area contributed by atoms with Crippen molar-refractivity contribution in [1.29, 1.82) is 0 Å². The summed E-state index contributed by atoms with van der Waals surface area (Å²) in [6.45, 7) is 4.29. The van der Waals surface area contributed by atoms with E-state index in [4.69, 9.17) is 10.2 Å². The second-order valence-corrected chi connectivity index (χ2v) is 4.38. The Hall–Kier alpha value is -0.610. The first kappa shape index (κ1) is 12.5. The Morgan fingerprint density at radius 2 is 2.13 bits per heavy atom. The van der Waals surface area contributed by atoms with Crippen LogP contribution < -0.4 is 0 Å². The molecule has 4 nitrogen and oxygen atoms in total. The molecule has 1 rings (SSSR count). The van der Waals surface area contributed by atoms with Crippen LogP contribution in [-0.2, 0) is 4.79 Å². The van der Waals surface area contributed by atoms with Gasteiger partial charge in [0.05, 0.1) is 12.0 Å². The molecule has 4 heteroatoms. The van der Waals surface area contributed by atoms with Crippen LogP contribution >= 0.6 is 0 Å². The van der Waals surface area contributed by atoms with Crippen LogP contribution in [0.3, 0.4) is 0 Å². The summed E-state index contributed by atoms with van der Waals surface area (Å²) in [5.41, 5.74) is 0. The van der Waals surface area contributed by atoms with E-state index in [0.717, 1.165) is 25.8 Å². The first-order chi connectivity index (χ1) is 7.13. The van der Waals surface area contributed by atoms with Gasteiger partial charge in [0.25, 0.3) is 0 Å². The summed E-state index contributed by atoms with van der Waals surface area (Å²) >= 11 is 0. The van der Waals surface area contributed by atoms with Gasteiger partial charge in [-0.15, -0.1) is 0 Å². The number of β-amino-alcohol motifs (C(OH)–C–C–N with tert-alkyl or cyclic N) is 1. The predicted molar refractivity (Wildman–Crippen MR) is 57.7 cm³/mol. The highest BCUT2D eigenvalue weighted by atomic mass is 16.4. The van der Waals surface area contributed by atoms with Gasteiger partial charge in [-0.2, -0.15) is 0 Å². The Bertz CT molecular complexity index is 202. The molecule has 0 spiro atoms. The van der Waals surface area contributed by atoms with Gasteiger partial charge in [-0.05, 0) is 19.4 Å². The molecule has 0 bridgehead atoms. The standard InChI is InChI=1S/C11H21NO3/c1-2-3-4-9(11(14)15)5-6-12-7-10(13)8-12/h9-10,13H,2-8H2,1H3,(H,14,15). The zero-order valence-corrected chi connectivity index (χ0v) is 9.35. The molecule has 0 radical (unpaired) electrons. The lowest BCUT2D eigenvalue weighted by Gasteiger charge is -2.36. The van der Waals surface area contributed by atoms with Crippen LogP contribution in [-0.4, -0.2) is 46.8 Å². The molecule has 15 heavy (non-hydrogen) atoms. The zero-order valence-electron chi connectivity index (χ0n) is 9.35. The summed E-state index contributed by atoms with van der Waals surface area (Å²) in [5, 5.41) is 18.1. The maximum Gasteiger partial charge on any atom is 0.306 e. The molecule has 0 saturated carbocycles. The first-order valence-electron chi connectivity index (χ1n) is 5.76. The molecule has 1 unspecified atom stereocenters. The minimum Gasteiger partial charge on any atom is -0.481 e. The largest absolute Gasteiger partial charge is 0.481 e. The average molecular weight is 215 g/mol. The minimum absolute atomic E-state index is 0.191. The van der Waals surface area contributed by atoms with Crippen LogP contribution in [0.25, 0.3) is 0 Å². The van der Waals surface area contributed by atoms with Gasteiger partial charge >= 0.3 is 5.97 Å². The van der Waals surface area contributed by atoms with Crippen molar-refractivity contribution in [3.63, 3.8) is 0 Å². The van der Waals surface area contributed by atoms with Crippen molar-refractivity contribution in [3.05, 3.63) is 0 Å². The topological polar surface area (TPSA) is 60.8 Å². The van der Waals surface area contributed by atoms with Gasteiger partial charge < -0.3 is 10.2 Å². The quantitative estimate of drug-likeness (QED) is 0.663. The molecule has 1 heterocycles. The van der Waals surface area contributed by atoms with Crippen LogP contribution in [0.4, 0.5) is 0 Å². The fraction of sp³-hybridized carbons (Fsp3) is 0.909. The van der Waals surface area contributed by atoms with Crippen molar-refractivity contribution in [1.82, 2.24) is 4.90 Å². The molecule has 0 aromatic heterocycles. The first-order valence-corrected chi connectivity index (χ1v) is 5.76. The van der Waals surface area contributed by atoms with E-state index >= 15 is 0 Å². The van der Waals surface area contributed by atoms with E-state index in [-0.39, 0.29) is 12.0 Å². The van der Waals surface area contributed by atoms with Crippen molar-refractivity contribution in [2.24, 2.45) is 5.92 Å².